The van der Waals surface area contributed by atoms with Crippen molar-refractivity contribution in [2.45, 2.75) is 53.0 Å². The van der Waals surface area contributed by atoms with Crippen molar-refractivity contribution in [1.82, 2.24) is 10.2 Å². The maximum Gasteiger partial charge on any atom is 0.236 e. The zero-order valence-electron chi connectivity index (χ0n) is 14.0. The molecule has 0 aliphatic heterocycles. The third kappa shape index (κ3) is 5.88. The molecule has 0 aliphatic rings. The Morgan fingerprint density at radius 3 is 2.14 bits per heavy atom. The predicted molar refractivity (Wildman–Crippen MR) is 89.4 cm³/mol. The van der Waals surface area contributed by atoms with Gasteiger partial charge in [-0.3, -0.25) is 4.79 Å². The van der Waals surface area contributed by atoms with Crippen LogP contribution in [0, 0.1) is 0 Å². The van der Waals surface area contributed by atoms with Gasteiger partial charge in [-0.15, -0.1) is 0 Å². The SMILES string of the molecule is CCCN(CCC)C(=O)CNC(C)c1ccc(CC)cc1. The number of carbonyl (C=O) groups is 1. The minimum atomic E-state index is 0.199. The number of nitrogens with zero attached hydrogens (tertiary/aromatic N) is 1. The zero-order chi connectivity index (χ0) is 15.7. The smallest absolute Gasteiger partial charge is 0.236 e. The summed E-state index contributed by atoms with van der Waals surface area (Å²) in [5, 5.41) is 3.34. The van der Waals surface area contributed by atoms with E-state index in [1.54, 1.807) is 0 Å². The molecule has 0 bridgehead atoms. The fourth-order valence-corrected chi connectivity index (χ4v) is 2.41. The molecule has 1 aromatic carbocycles. The molecule has 3 heteroatoms. The highest BCUT2D eigenvalue weighted by Gasteiger charge is 2.13. The van der Waals surface area contributed by atoms with Crippen LogP contribution in [-0.2, 0) is 11.2 Å². The van der Waals surface area contributed by atoms with Gasteiger partial charge in [0.1, 0.15) is 0 Å². The minimum absolute atomic E-state index is 0.199. The lowest BCUT2D eigenvalue weighted by molar-refractivity contribution is -0.130. The quantitative estimate of drug-likeness (QED) is 0.754. The van der Waals surface area contributed by atoms with Crippen molar-refractivity contribution in [3.63, 3.8) is 0 Å². The van der Waals surface area contributed by atoms with Gasteiger partial charge >= 0.3 is 0 Å². The number of aryl methyl sites for hydroxylation is 1. The van der Waals surface area contributed by atoms with Crippen molar-refractivity contribution in [3.05, 3.63) is 35.4 Å². The second-order valence-corrected chi connectivity index (χ2v) is 5.58. The van der Waals surface area contributed by atoms with Crippen molar-refractivity contribution in [2.24, 2.45) is 0 Å². The molecule has 1 atom stereocenters. The van der Waals surface area contributed by atoms with E-state index in [4.69, 9.17) is 0 Å². The van der Waals surface area contributed by atoms with Crippen molar-refractivity contribution < 1.29 is 4.79 Å². The lowest BCUT2D eigenvalue weighted by Gasteiger charge is -2.23. The summed E-state index contributed by atoms with van der Waals surface area (Å²) in [7, 11) is 0. The Balaban J connectivity index is 2.50. The van der Waals surface area contributed by atoms with Gasteiger partial charge in [-0.05, 0) is 37.3 Å². The first-order chi connectivity index (χ1) is 10.1. The molecule has 0 spiro atoms. The normalized spacial score (nSPS) is 12.2. The fourth-order valence-electron chi connectivity index (χ4n) is 2.41. The summed E-state index contributed by atoms with van der Waals surface area (Å²) in [6.07, 6.45) is 3.09. The Bertz CT molecular complexity index is 408. The number of carbonyl (C=O) groups excluding carboxylic acids is 1. The molecule has 1 N–H and O–H groups in total. The Kier molecular flexibility index (Phi) is 8.06. The maximum atomic E-state index is 12.2. The van der Waals surface area contributed by atoms with Gasteiger partial charge in [0.05, 0.1) is 6.54 Å². The second kappa shape index (κ2) is 9.56. The fraction of sp³-hybridized carbons (Fsp3) is 0.611. The van der Waals surface area contributed by atoms with E-state index in [9.17, 15) is 4.79 Å². The number of rotatable bonds is 9. The zero-order valence-corrected chi connectivity index (χ0v) is 14.0. The molecule has 1 unspecified atom stereocenters. The molecular weight excluding hydrogens is 260 g/mol. The molecule has 1 aromatic rings. The van der Waals surface area contributed by atoms with E-state index in [0.29, 0.717) is 6.54 Å². The average molecular weight is 290 g/mol. The summed E-state index contributed by atoms with van der Waals surface area (Å²) in [4.78, 5) is 14.2. The van der Waals surface area contributed by atoms with Crippen LogP contribution >= 0.6 is 0 Å². The lowest BCUT2D eigenvalue weighted by atomic mass is 10.1. The Labute approximate surface area is 129 Å². The molecule has 0 aromatic heterocycles. The van der Waals surface area contributed by atoms with E-state index >= 15 is 0 Å². The molecule has 0 fully saturated rings. The second-order valence-electron chi connectivity index (χ2n) is 5.58. The molecule has 21 heavy (non-hydrogen) atoms. The van der Waals surface area contributed by atoms with Crippen LogP contribution < -0.4 is 5.32 Å². The molecule has 0 aliphatic carbocycles. The van der Waals surface area contributed by atoms with E-state index in [1.807, 2.05) is 4.90 Å². The molecule has 3 nitrogen and oxygen atoms in total. The number of hydrogen-bond acceptors (Lipinski definition) is 2. The summed E-state index contributed by atoms with van der Waals surface area (Å²) in [5.74, 6) is 0.204. The standard InChI is InChI=1S/C18H30N2O/c1-5-12-20(13-6-2)18(21)14-19-15(4)17-10-8-16(7-3)9-11-17/h8-11,15,19H,5-7,12-14H2,1-4H3. The maximum absolute atomic E-state index is 12.2. The first-order valence-electron chi connectivity index (χ1n) is 8.22. The van der Waals surface area contributed by atoms with Gasteiger partial charge in [0.2, 0.25) is 5.91 Å². The summed E-state index contributed by atoms with van der Waals surface area (Å²) in [5.41, 5.74) is 2.58. The number of nitrogens with one attached hydrogen (secondary N) is 1. The van der Waals surface area contributed by atoms with Crippen LogP contribution in [0.4, 0.5) is 0 Å². The number of benzene rings is 1. The van der Waals surface area contributed by atoms with Crippen LogP contribution in [0.15, 0.2) is 24.3 Å². The van der Waals surface area contributed by atoms with Crippen molar-refractivity contribution in [2.75, 3.05) is 19.6 Å². The lowest BCUT2D eigenvalue weighted by Crippen LogP contribution is -2.39. The van der Waals surface area contributed by atoms with Gasteiger partial charge in [-0.2, -0.15) is 0 Å². The highest BCUT2D eigenvalue weighted by Crippen LogP contribution is 2.13. The molecule has 118 valence electrons. The van der Waals surface area contributed by atoms with E-state index in [-0.39, 0.29) is 11.9 Å². The monoisotopic (exact) mass is 290 g/mol. The highest BCUT2D eigenvalue weighted by atomic mass is 16.2. The van der Waals surface area contributed by atoms with Crippen LogP contribution in [0.3, 0.4) is 0 Å². The van der Waals surface area contributed by atoms with E-state index in [2.05, 4.69) is 57.3 Å². The van der Waals surface area contributed by atoms with Crippen LogP contribution in [0.5, 0.6) is 0 Å². The summed E-state index contributed by atoms with van der Waals surface area (Å²) < 4.78 is 0. The molecule has 1 amide bonds. The number of amides is 1. The summed E-state index contributed by atoms with van der Waals surface area (Å²) >= 11 is 0. The molecule has 0 saturated carbocycles. The Morgan fingerprint density at radius 2 is 1.67 bits per heavy atom. The van der Waals surface area contributed by atoms with Gasteiger partial charge < -0.3 is 10.2 Å². The van der Waals surface area contributed by atoms with Crippen LogP contribution in [0.25, 0.3) is 0 Å². The molecule has 1 rings (SSSR count). The summed E-state index contributed by atoms with van der Waals surface area (Å²) in [6.45, 7) is 10.6. The highest BCUT2D eigenvalue weighted by molar-refractivity contribution is 5.78. The van der Waals surface area contributed by atoms with Gasteiger partial charge in [0.15, 0.2) is 0 Å². The molecule has 0 saturated heterocycles. The Morgan fingerprint density at radius 1 is 1.10 bits per heavy atom. The van der Waals surface area contributed by atoms with E-state index < -0.39 is 0 Å². The van der Waals surface area contributed by atoms with Gasteiger partial charge in [0.25, 0.3) is 0 Å². The average Bonchev–Trinajstić information content (AvgIpc) is 2.52. The first-order valence-corrected chi connectivity index (χ1v) is 8.22. The third-order valence-corrected chi connectivity index (χ3v) is 3.79. The van der Waals surface area contributed by atoms with Crippen molar-refractivity contribution >= 4 is 5.91 Å². The van der Waals surface area contributed by atoms with E-state index in [0.717, 1.165) is 32.4 Å². The minimum Gasteiger partial charge on any atom is -0.342 e. The number of hydrogen-bond donors (Lipinski definition) is 1. The topological polar surface area (TPSA) is 32.3 Å². The Hall–Kier alpha value is -1.35. The molecular formula is C18H30N2O. The van der Waals surface area contributed by atoms with Gasteiger partial charge in [-0.25, -0.2) is 0 Å². The van der Waals surface area contributed by atoms with E-state index in [1.165, 1.54) is 11.1 Å². The van der Waals surface area contributed by atoms with Crippen LogP contribution in [0.1, 0.15) is 57.7 Å². The van der Waals surface area contributed by atoms with Crippen LogP contribution in [0.2, 0.25) is 0 Å². The third-order valence-electron chi connectivity index (χ3n) is 3.79. The summed E-state index contributed by atoms with van der Waals surface area (Å²) in [6, 6.07) is 8.82. The van der Waals surface area contributed by atoms with Gasteiger partial charge in [0, 0.05) is 19.1 Å². The first kappa shape index (κ1) is 17.7. The van der Waals surface area contributed by atoms with Gasteiger partial charge in [-0.1, -0.05) is 45.0 Å². The molecule has 0 heterocycles. The molecule has 0 radical (unpaired) electrons. The van der Waals surface area contributed by atoms with Crippen molar-refractivity contribution in [3.8, 4) is 0 Å². The predicted octanol–water partition coefficient (Wildman–Crippen LogP) is 3.55. The largest absolute Gasteiger partial charge is 0.342 e. The van der Waals surface area contributed by atoms with Crippen LogP contribution in [-0.4, -0.2) is 30.4 Å². The van der Waals surface area contributed by atoms with Crippen molar-refractivity contribution in [1.29, 1.82) is 0 Å².